The molecule has 164 valence electrons. The van der Waals surface area contributed by atoms with E-state index in [1.54, 1.807) is 18.2 Å². The Balaban J connectivity index is 1.44. The highest BCUT2D eigenvalue weighted by atomic mass is 32.2. The number of amides is 1. The lowest BCUT2D eigenvalue weighted by Gasteiger charge is -2.10. The lowest BCUT2D eigenvalue weighted by Crippen LogP contribution is -2.24. The molecule has 0 unspecified atom stereocenters. The maximum Gasteiger partial charge on any atom is 0.261 e. The van der Waals surface area contributed by atoms with Gasteiger partial charge >= 0.3 is 0 Å². The number of aryl methyl sites for hydroxylation is 1. The van der Waals surface area contributed by atoms with Gasteiger partial charge in [-0.3, -0.25) is 4.79 Å². The summed E-state index contributed by atoms with van der Waals surface area (Å²) in [5.41, 5.74) is 2.11. The molecular weight excluding hydrogens is 447 g/mol. The van der Waals surface area contributed by atoms with Crippen molar-refractivity contribution in [2.45, 2.75) is 24.9 Å². The molecule has 0 saturated heterocycles. The molecule has 32 heavy (non-hydrogen) atoms. The van der Waals surface area contributed by atoms with E-state index in [4.69, 9.17) is 0 Å². The van der Waals surface area contributed by atoms with E-state index in [1.165, 1.54) is 41.7 Å². The van der Waals surface area contributed by atoms with Crippen LogP contribution in [0.5, 0.6) is 0 Å². The van der Waals surface area contributed by atoms with E-state index in [9.17, 15) is 17.6 Å². The van der Waals surface area contributed by atoms with E-state index in [0.29, 0.717) is 16.0 Å². The molecule has 1 aromatic heterocycles. The summed E-state index contributed by atoms with van der Waals surface area (Å²) in [6.45, 7) is 2.09. The molecular formula is C24H21FN2O3S2. The van der Waals surface area contributed by atoms with Crippen LogP contribution in [0, 0.1) is 12.7 Å². The quantitative estimate of drug-likeness (QED) is 0.411. The van der Waals surface area contributed by atoms with Crippen molar-refractivity contribution < 1.29 is 17.6 Å². The molecule has 0 saturated carbocycles. The van der Waals surface area contributed by atoms with Crippen LogP contribution >= 0.6 is 11.3 Å². The molecule has 1 amide bonds. The number of hydrogen-bond acceptors (Lipinski definition) is 4. The molecule has 3 aromatic carbocycles. The second-order valence-electron chi connectivity index (χ2n) is 7.34. The van der Waals surface area contributed by atoms with Crippen molar-refractivity contribution in [3.05, 3.63) is 100 Å². The van der Waals surface area contributed by atoms with Crippen LogP contribution in [0.3, 0.4) is 0 Å². The SMILES string of the molecule is Cc1c(C(=O)NCc2cccc(S(=O)(=O)NCc3cccc(F)c3)c2)sc2ccccc12. The van der Waals surface area contributed by atoms with Crippen molar-refractivity contribution in [3.63, 3.8) is 0 Å². The number of carbonyl (C=O) groups excluding carboxylic acids is 1. The van der Waals surface area contributed by atoms with Gasteiger partial charge < -0.3 is 5.32 Å². The van der Waals surface area contributed by atoms with E-state index in [1.807, 2.05) is 31.2 Å². The van der Waals surface area contributed by atoms with Crippen LogP contribution in [0.2, 0.25) is 0 Å². The van der Waals surface area contributed by atoms with Crippen molar-refractivity contribution in [2.75, 3.05) is 0 Å². The zero-order valence-corrected chi connectivity index (χ0v) is 18.9. The first-order chi connectivity index (χ1) is 15.3. The van der Waals surface area contributed by atoms with E-state index in [2.05, 4.69) is 10.0 Å². The third-order valence-corrected chi connectivity index (χ3v) is 7.74. The molecule has 1 heterocycles. The Morgan fingerprint density at radius 3 is 2.41 bits per heavy atom. The van der Waals surface area contributed by atoms with Gasteiger partial charge in [0.05, 0.1) is 9.77 Å². The number of nitrogens with one attached hydrogen (secondary N) is 2. The number of benzene rings is 3. The molecule has 0 bridgehead atoms. The molecule has 0 atom stereocenters. The van der Waals surface area contributed by atoms with Gasteiger partial charge in [0.25, 0.3) is 5.91 Å². The van der Waals surface area contributed by atoms with Gasteiger partial charge in [-0.05, 0) is 59.3 Å². The number of hydrogen-bond donors (Lipinski definition) is 2. The highest BCUT2D eigenvalue weighted by Crippen LogP contribution is 2.30. The summed E-state index contributed by atoms with van der Waals surface area (Å²) >= 11 is 1.44. The van der Waals surface area contributed by atoms with E-state index < -0.39 is 15.8 Å². The molecule has 8 heteroatoms. The summed E-state index contributed by atoms with van der Waals surface area (Å²) in [5, 5.41) is 3.93. The van der Waals surface area contributed by atoms with Gasteiger partial charge in [-0.1, -0.05) is 42.5 Å². The van der Waals surface area contributed by atoms with Gasteiger partial charge in [-0.25, -0.2) is 17.5 Å². The van der Waals surface area contributed by atoms with Crippen LogP contribution in [-0.2, 0) is 23.1 Å². The van der Waals surface area contributed by atoms with Gasteiger partial charge in [0, 0.05) is 17.8 Å². The predicted molar refractivity (Wildman–Crippen MR) is 125 cm³/mol. The van der Waals surface area contributed by atoms with Crippen molar-refractivity contribution in [1.29, 1.82) is 0 Å². The first-order valence-corrected chi connectivity index (χ1v) is 12.2. The highest BCUT2D eigenvalue weighted by molar-refractivity contribution is 7.89. The Morgan fingerprint density at radius 2 is 1.66 bits per heavy atom. The summed E-state index contributed by atoms with van der Waals surface area (Å²) in [4.78, 5) is 13.4. The summed E-state index contributed by atoms with van der Waals surface area (Å²) in [6, 6.07) is 20.0. The van der Waals surface area contributed by atoms with Crippen LogP contribution in [-0.4, -0.2) is 14.3 Å². The van der Waals surface area contributed by atoms with Crippen molar-refractivity contribution >= 4 is 37.4 Å². The third kappa shape index (κ3) is 4.88. The first kappa shape index (κ1) is 22.1. The second kappa shape index (κ2) is 9.20. The van der Waals surface area contributed by atoms with Gasteiger partial charge in [-0.2, -0.15) is 0 Å². The van der Waals surface area contributed by atoms with Gasteiger partial charge in [-0.15, -0.1) is 11.3 Å². The van der Waals surface area contributed by atoms with Crippen molar-refractivity contribution in [3.8, 4) is 0 Å². The number of sulfonamides is 1. The lowest BCUT2D eigenvalue weighted by molar-refractivity contribution is 0.0954. The smallest absolute Gasteiger partial charge is 0.261 e. The predicted octanol–water partition coefficient (Wildman–Crippen LogP) is 4.76. The first-order valence-electron chi connectivity index (χ1n) is 9.93. The van der Waals surface area contributed by atoms with Crippen LogP contribution in [0.15, 0.2) is 77.7 Å². The lowest BCUT2D eigenvalue weighted by atomic mass is 10.1. The summed E-state index contributed by atoms with van der Waals surface area (Å²) in [7, 11) is -3.79. The Morgan fingerprint density at radius 1 is 0.938 bits per heavy atom. The fourth-order valence-electron chi connectivity index (χ4n) is 3.38. The molecule has 0 fully saturated rings. The number of rotatable bonds is 7. The topological polar surface area (TPSA) is 75.3 Å². The maximum atomic E-state index is 13.3. The molecule has 0 aliphatic carbocycles. The number of carbonyl (C=O) groups is 1. The molecule has 5 nitrogen and oxygen atoms in total. The molecule has 0 radical (unpaired) electrons. The number of thiophene rings is 1. The van der Waals surface area contributed by atoms with Crippen molar-refractivity contribution in [2.24, 2.45) is 0 Å². The minimum absolute atomic E-state index is 0.0216. The van der Waals surface area contributed by atoms with E-state index in [-0.39, 0.29) is 23.9 Å². The monoisotopic (exact) mass is 468 g/mol. The van der Waals surface area contributed by atoms with Crippen LogP contribution < -0.4 is 10.0 Å². The normalized spacial score (nSPS) is 11.6. The minimum atomic E-state index is -3.79. The van der Waals surface area contributed by atoms with E-state index >= 15 is 0 Å². The summed E-state index contributed by atoms with van der Waals surface area (Å²) in [5.74, 6) is -0.616. The van der Waals surface area contributed by atoms with Gasteiger partial charge in [0.15, 0.2) is 0 Å². The average Bonchev–Trinajstić information content (AvgIpc) is 3.13. The Kier molecular flexibility index (Phi) is 6.36. The zero-order chi connectivity index (χ0) is 22.7. The van der Waals surface area contributed by atoms with E-state index in [0.717, 1.165) is 15.6 Å². The summed E-state index contributed by atoms with van der Waals surface area (Å²) < 4.78 is 42.1. The van der Waals surface area contributed by atoms with Crippen LogP contribution in [0.4, 0.5) is 4.39 Å². The molecule has 0 aliphatic heterocycles. The minimum Gasteiger partial charge on any atom is -0.347 e. The third-order valence-electron chi connectivity index (χ3n) is 5.07. The molecule has 2 N–H and O–H groups in total. The standard InChI is InChI=1S/C24H21FN2O3S2/c1-16-21-10-2-3-11-22(21)31-23(16)24(28)26-14-18-7-5-9-20(13-18)32(29,30)27-15-17-6-4-8-19(25)12-17/h2-13,27H,14-15H2,1H3,(H,26,28). The summed E-state index contributed by atoms with van der Waals surface area (Å²) in [6.07, 6.45) is 0. The molecule has 4 rings (SSSR count). The fraction of sp³-hybridized carbons (Fsp3) is 0.125. The largest absolute Gasteiger partial charge is 0.347 e. The zero-order valence-electron chi connectivity index (χ0n) is 17.3. The van der Waals surface area contributed by atoms with Crippen LogP contribution in [0.1, 0.15) is 26.4 Å². The number of fused-ring (bicyclic) bond motifs is 1. The number of halogens is 1. The van der Waals surface area contributed by atoms with Crippen molar-refractivity contribution in [1.82, 2.24) is 10.0 Å². The average molecular weight is 469 g/mol. The van der Waals surface area contributed by atoms with Gasteiger partial charge in [0.1, 0.15) is 5.82 Å². The molecule has 0 aliphatic rings. The second-order valence-corrected chi connectivity index (χ2v) is 10.2. The molecule has 0 spiro atoms. The molecule has 4 aromatic rings. The fourth-order valence-corrected chi connectivity index (χ4v) is 5.60. The van der Waals surface area contributed by atoms with Crippen LogP contribution in [0.25, 0.3) is 10.1 Å². The Hall–Kier alpha value is -3.07. The maximum absolute atomic E-state index is 13.3. The van der Waals surface area contributed by atoms with Gasteiger partial charge in [0.2, 0.25) is 10.0 Å². The highest BCUT2D eigenvalue weighted by Gasteiger charge is 2.17. The Bertz CT molecular complexity index is 1400. The Labute approximate surface area is 190 Å².